The largest absolute Gasteiger partial charge is 0.341 e. The van der Waals surface area contributed by atoms with Crippen LogP contribution in [0.5, 0.6) is 0 Å². The van der Waals surface area contributed by atoms with Crippen molar-refractivity contribution in [3.8, 4) is 0 Å². The Kier molecular flexibility index (Phi) is 1.48. The fourth-order valence-electron chi connectivity index (χ4n) is 0.695. The molecule has 1 aliphatic rings. The molecule has 2 N–H and O–H groups in total. The van der Waals surface area contributed by atoms with E-state index in [9.17, 15) is 4.79 Å². The van der Waals surface area contributed by atoms with E-state index in [1.54, 1.807) is 4.90 Å². The van der Waals surface area contributed by atoms with Gasteiger partial charge < -0.3 is 10.6 Å². The molecule has 3 nitrogen and oxygen atoms in total. The summed E-state index contributed by atoms with van der Waals surface area (Å²) in [6, 6.07) is 0. The number of hydrogen-bond acceptors (Lipinski definition) is 2. The minimum atomic E-state index is 0.0799. The molecule has 0 aromatic heterocycles. The van der Waals surface area contributed by atoms with E-state index in [2.05, 4.69) is 0 Å². The number of hydrogen-bond donors (Lipinski definition) is 1. The van der Waals surface area contributed by atoms with Crippen molar-refractivity contribution in [3.05, 3.63) is 0 Å². The van der Waals surface area contributed by atoms with Crippen LogP contribution in [0.25, 0.3) is 0 Å². The highest BCUT2D eigenvalue weighted by Crippen LogP contribution is 2.03. The van der Waals surface area contributed by atoms with Crippen LogP contribution in [0, 0.1) is 0 Å². The molecule has 0 aliphatic carbocycles. The predicted octanol–water partition coefficient (Wildman–Crippen LogP) is -0.823. The Morgan fingerprint density at radius 1 is 1.62 bits per heavy atom. The molecule has 1 saturated heterocycles. The maximum absolute atomic E-state index is 10.6. The summed E-state index contributed by atoms with van der Waals surface area (Å²) in [7, 11) is 0. The molecule has 0 saturated carbocycles. The number of rotatable bonds is 1. The predicted molar refractivity (Wildman–Crippen MR) is 30.3 cm³/mol. The van der Waals surface area contributed by atoms with Crippen LogP contribution in [-0.2, 0) is 4.79 Å². The van der Waals surface area contributed by atoms with Gasteiger partial charge >= 0.3 is 0 Å². The zero-order valence-electron chi connectivity index (χ0n) is 4.76. The molecular weight excluding hydrogens is 104 g/mol. The van der Waals surface area contributed by atoms with Gasteiger partial charge in [-0.1, -0.05) is 0 Å². The zero-order valence-corrected chi connectivity index (χ0v) is 4.76. The fourth-order valence-corrected chi connectivity index (χ4v) is 0.695. The third-order valence-corrected chi connectivity index (χ3v) is 1.38. The molecule has 46 valence electrons. The number of likely N-dealkylation sites (tertiary alicyclic amines) is 1. The van der Waals surface area contributed by atoms with Crippen LogP contribution in [-0.4, -0.2) is 30.4 Å². The lowest BCUT2D eigenvalue weighted by molar-refractivity contribution is -0.132. The maximum Gasteiger partial charge on any atom is 0.236 e. The minimum absolute atomic E-state index is 0.0799. The molecule has 0 bridgehead atoms. The molecule has 0 spiro atoms. The molecule has 3 heteroatoms. The summed E-state index contributed by atoms with van der Waals surface area (Å²) in [6.07, 6.45) is 1.14. The van der Waals surface area contributed by atoms with E-state index in [-0.39, 0.29) is 12.5 Å². The number of amides is 1. The summed E-state index contributed by atoms with van der Waals surface area (Å²) in [5, 5.41) is 0. The third-order valence-electron chi connectivity index (χ3n) is 1.38. The van der Waals surface area contributed by atoms with Gasteiger partial charge in [-0.3, -0.25) is 4.79 Å². The normalized spacial score (nSPS) is 17.9. The molecule has 1 rings (SSSR count). The molecule has 1 amide bonds. The standard InChI is InChI=1S/C5H10N2O/c6-4-5(8)7-2-1-3-7/h1-4,6H2. The van der Waals surface area contributed by atoms with Gasteiger partial charge in [0.05, 0.1) is 6.54 Å². The van der Waals surface area contributed by atoms with Gasteiger partial charge in [0, 0.05) is 13.1 Å². The maximum atomic E-state index is 10.6. The SMILES string of the molecule is NCC(=O)N1CCC1. The van der Waals surface area contributed by atoms with Crippen LogP contribution in [0.15, 0.2) is 0 Å². The molecule has 1 fully saturated rings. The van der Waals surface area contributed by atoms with Gasteiger partial charge in [-0.25, -0.2) is 0 Å². The van der Waals surface area contributed by atoms with Crippen LogP contribution >= 0.6 is 0 Å². The van der Waals surface area contributed by atoms with Gasteiger partial charge in [0.25, 0.3) is 0 Å². The molecule has 0 radical (unpaired) electrons. The van der Waals surface area contributed by atoms with Crippen LogP contribution in [0.4, 0.5) is 0 Å². The third kappa shape index (κ3) is 0.816. The van der Waals surface area contributed by atoms with Crippen LogP contribution in [0.2, 0.25) is 0 Å². The topological polar surface area (TPSA) is 46.3 Å². The number of carbonyl (C=O) groups is 1. The van der Waals surface area contributed by atoms with Gasteiger partial charge in [0.2, 0.25) is 5.91 Å². The van der Waals surface area contributed by atoms with E-state index in [1.165, 1.54) is 0 Å². The van der Waals surface area contributed by atoms with Crippen molar-refractivity contribution in [1.82, 2.24) is 4.90 Å². The highest BCUT2D eigenvalue weighted by atomic mass is 16.2. The molecule has 8 heavy (non-hydrogen) atoms. The van der Waals surface area contributed by atoms with Crippen LogP contribution < -0.4 is 5.73 Å². The average Bonchev–Trinajstić information content (AvgIpc) is 1.62. The summed E-state index contributed by atoms with van der Waals surface area (Å²) < 4.78 is 0. The van der Waals surface area contributed by atoms with Gasteiger partial charge in [-0.15, -0.1) is 0 Å². The molecule has 0 aromatic carbocycles. The van der Waals surface area contributed by atoms with Gasteiger partial charge in [-0.2, -0.15) is 0 Å². The highest BCUT2D eigenvalue weighted by Gasteiger charge is 2.17. The molecular formula is C5H10N2O. The first-order valence-corrected chi connectivity index (χ1v) is 2.82. The molecule has 0 unspecified atom stereocenters. The second-order valence-electron chi connectivity index (χ2n) is 1.94. The summed E-state index contributed by atoms with van der Waals surface area (Å²) >= 11 is 0. The Bertz CT molecular complexity index is 98.6. The lowest BCUT2D eigenvalue weighted by Crippen LogP contribution is -2.45. The first kappa shape index (κ1) is 5.56. The molecule has 0 aromatic rings. The Morgan fingerprint density at radius 2 is 2.25 bits per heavy atom. The smallest absolute Gasteiger partial charge is 0.236 e. The second kappa shape index (κ2) is 2.13. The Morgan fingerprint density at radius 3 is 2.38 bits per heavy atom. The number of nitrogens with two attached hydrogens (primary N) is 1. The van der Waals surface area contributed by atoms with Crippen molar-refractivity contribution in [1.29, 1.82) is 0 Å². The average molecular weight is 114 g/mol. The van der Waals surface area contributed by atoms with Gasteiger partial charge in [0.15, 0.2) is 0 Å². The second-order valence-corrected chi connectivity index (χ2v) is 1.94. The van der Waals surface area contributed by atoms with Crippen molar-refractivity contribution in [3.63, 3.8) is 0 Å². The van der Waals surface area contributed by atoms with E-state index in [0.717, 1.165) is 19.5 Å². The van der Waals surface area contributed by atoms with Crippen molar-refractivity contribution in [2.45, 2.75) is 6.42 Å². The summed E-state index contributed by atoms with van der Waals surface area (Å²) in [5.41, 5.74) is 5.09. The van der Waals surface area contributed by atoms with Gasteiger partial charge in [0.1, 0.15) is 0 Å². The van der Waals surface area contributed by atoms with E-state index >= 15 is 0 Å². The first-order valence-electron chi connectivity index (χ1n) is 2.82. The quantitative estimate of drug-likeness (QED) is 0.484. The van der Waals surface area contributed by atoms with Crippen molar-refractivity contribution >= 4 is 5.91 Å². The van der Waals surface area contributed by atoms with Gasteiger partial charge in [-0.05, 0) is 6.42 Å². The van der Waals surface area contributed by atoms with E-state index < -0.39 is 0 Å². The zero-order chi connectivity index (χ0) is 5.98. The highest BCUT2D eigenvalue weighted by molar-refractivity contribution is 5.78. The number of nitrogens with zero attached hydrogens (tertiary/aromatic N) is 1. The van der Waals surface area contributed by atoms with Crippen LogP contribution in [0.3, 0.4) is 0 Å². The van der Waals surface area contributed by atoms with Crippen molar-refractivity contribution in [2.75, 3.05) is 19.6 Å². The summed E-state index contributed by atoms with van der Waals surface area (Å²) in [5.74, 6) is 0.0799. The van der Waals surface area contributed by atoms with Crippen molar-refractivity contribution < 1.29 is 4.79 Å². The Labute approximate surface area is 48.5 Å². The van der Waals surface area contributed by atoms with E-state index in [4.69, 9.17) is 5.73 Å². The number of carbonyl (C=O) groups excluding carboxylic acids is 1. The molecule has 0 atom stereocenters. The fraction of sp³-hybridized carbons (Fsp3) is 0.800. The monoisotopic (exact) mass is 114 g/mol. The van der Waals surface area contributed by atoms with Crippen LogP contribution in [0.1, 0.15) is 6.42 Å². The van der Waals surface area contributed by atoms with E-state index in [0.29, 0.717) is 0 Å². The first-order chi connectivity index (χ1) is 3.84. The lowest BCUT2D eigenvalue weighted by atomic mass is 10.2. The Hall–Kier alpha value is -0.570. The molecule has 1 aliphatic heterocycles. The summed E-state index contributed by atoms with van der Waals surface area (Å²) in [6.45, 7) is 1.99. The lowest BCUT2D eigenvalue weighted by Gasteiger charge is -2.30. The minimum Gasteiger partial charge on any atom is -0.341 e. The van der Waals surface area contributed by atoms with Crippen molar-refractivity contribution in [2.24, 2.45) is 5.73 Å². The molecule has 1 heterocycles. The van der Waals surface area contributed by atoms with E-state index in [1.807, 2.05) is 0 Å². The summed E-state index contributed by atoms with van der Waals surface area (Å²) in [4.78, 5) is 12.4. The Balaban J connectivity index is 2.24.